The number of hydrogen-bond acceptors (Lipinski definition) is 4. The van der Waals surface area contributed by atoms with Crippen LogP contribution in [0.15, 0.2) is 0 Å². The summed E-state index contributed by atoms with van der Waals surface area (Å²) in [6, 6.07) is -0.385. The minimum absolute atomic E-state index is 0.0455. The number of nitrogens with one attached hydrogen (secondary N) is 2. The summed E-state index contributed by atoms with van der Waals surface area (Å²) in [4.78, 5) is 23.3. The minimum atomic E-state index is -0.385. The topological polar surface area (TPSA) is 67.4 Å². The van der Waals surface area contributed by atoms with Gasteiger partial charge in [0.25, 0.3) is 0 Å². The van der Waals surface area contributed by atoms with Crippen molar-refractivity contribution in [1.82, 2.24) is 10.6 Å². The molecule has 5 nitrogen and oxygen atoms in total. The first-order chi connectivity index (χ1) is 10.2. The van der Waals surface area contributed by atoms with Crippen LogP contribution in [0.3, 0.4) is 0 Å². The molecule has 1 fully saturated rings. The third-order valence-corrected chi connectivity index (χ3v) is 3.84. The predicted octanol–water partition coefficient (Wildman–Crippen LogP) is 2.50. The summed E-state index contributed by atoms with van der Waals surface area (Å²) in [5, 5.41) is 5.74. The summed E-state index contributed by atoms with van der Waals surface area (Å²) >= 11 is 0. The van der Waals surface area contributed by atoms with Gasteiger partial charge in [-0.25, -0.2) is 0 Å². The van der Waals surface area contributed by atoms with Gasteiger partial charge in [-0.15, -0.1) is 0 Å². The van der Waals surface area contributed by atoms with E-state index in [0.29, 0.717) is 19.7 Å². The molecule has 122 valence electrons. The Morgan fingerprint density at radius 1 is 0.905 bits per heavy atom. The van der Waals surface area contributed by atoms with Crippen molar-refractivity contribution >= 4 is 11.9 Å². The first kappa shape index (κ1) is 18.0. The quantitative estimate of drug-likeness (QED) is 0.674. The molecule has 0 aliphatic carbocycles. The van der Waals surface area contributed by atoms with Crippen molar-refractivity contribution in [2.45, 2.75) is 77.2 Å². The summed E-state index contributed by atoms with van der Waals surface area (Å²) in [5.41, 5.74) is 0. The SMILES string of the molecule is CC1NCNC(=O)CCCCCCCCCCCOC1=O. The van der Waals surface area contributed by atoms with Crippen LogP contribution in [-0.2, 0) is 14.3 Å². The molecule has 1 unspecified atom stereocenters. The molecular formula is C16H30N2O3. The van der Waals surface area contributed by atoms with Crippen molar-refractivity contribution in [2.24, 2.45) is 0 Å². The number of hydrogen-bond donors (Lipinski definition) is 2. The smallest absolute Gasteiger partial charge is 0.322 e. The van der Waals surface area contributed by atoms with Crippen molar-refractivity contribution in [2.75, 3.05) is 13.3 Å². The fourth-order valence-electron chi connectivity index (χ4n) is 2.40. The van der Waals surface area contributed by atoms with E-state index in [4.69, 9.17) is 4.74 Å². The largest absolute Gasteiger partial charge is 0.465 e. The van der Waals surface area contributed by atoms with E-state index >= 15 is 0 Å². The van der Waals surface area contributed by atoms with Crippen LogP contribution in [0.1, 0.15) is 71.1 Å². The second-order valence-electron chi connectivity index (χ2n) is 5.80. The lowest BCUT2D eigenvalue weighted by Gasteiger charge is -2.14. The highest BCUT2D eigenvalue weighted by molar-refractivity contribution is 5.76. The monoisotopic (exact) mass is 298 g/mol. The maximum Gasteiger partial charge on any atom is 0.322 e. The molecule has 0 radical (unpaired) electrons. The molecule has 0 saturated carbocycles. The van der Waals surface area contributed by atoms with Gasteiger partial charge in [0.15, 0.2) is 0 Å². The Bertz CT molecular complexity index is 308. The summed E-state index contributed by atoms with van der Waals surface area (Å²) in [6.07, 6.45) is 10.9. The van der Waals surface area contributed by atoms with E-state index in [2.05, 4.69) is 10.6 Å². The highest BCUT2D eigenvalue weighted by atomic mass is 16.5. The molecule has 0 spiro atoms. The van der Waals surface area contributed by atoms with Gasteiger partial charge in [-0.1, -0.05) is 44.9 Å². The van der Waals surface area contributed by atoms with Crippen LogP contribution in [0.4, 0.5) is 0 Å². The van der Waals surface area contributed by atoms with Gasteiger partial charge in [0.1, 0.15) is 6.04 Å². The van der Waals surface area contributed by atoms with Crippen molar-refractivity contribution in [3.63, 3.8) is 0 Å². The normalized spacial score (nSPS) is 25.3. The summed E-state index contributed by atoms with van der Waals surface area (Å²) < 4.78 is 5.21. The molecule has 0 aromatic rings. The Kier molecular flexibility index (Phi) is 9.87. The Morgan fingerprint density at radius 3 is 2.14 bits per heavy atom. The third-order valence-electron chi connectivity index (χ3n) is 3.84. The Hall–Kier alpha value is -1.10. The van der Waals surface area contributed by atoms with E-state index in [9.17, 15) is 9.59 Å². The molecule has 1 rings (SSSR count). The second kappa shape index (κ2) is 11.5. The zero-order valence-corrected chi connectivity index (χ0v) is 13.3. The van der Waals surface area contributed by atoms with Crippen LogP contribution in [-0.4, -0.2) is 31.2 Å². The molecule has 1 aliphatic rings. The molecule has 0 bridgehead atoms. The minimum Gasteiger partial charge on any atom is -0.465 e. The van der Waals surface area contributed by atoms with Crippen LogP contribution in [0, 0.1) is 0 Å². The zero-order valence-electron chi connectivity index (χ0n) is 13.3. The number of carbonyl (C=O) groups is 2. The van der Waals surface area contributed by atoms with Gasteiger partial charge in [0.2, 0.25) is 5.91 Å². The van der Waals surface area contributed by atoms with Crippen molar-refractivity contribution in [1.29, 1.82) is 0 Å². The van der Waals surface area contributed by atoms with Crippen LogP contribution < -0.4 is 10.6 Å². The van der Waals surface area contributed by atoms with Crippen molar-refractivity contribution < 1.29 is 14.3 Å². The van der Waals surface area contributed by atoms with E-state index in [0.717, 1.165) is 25.7 Å². The molecule has 1 amide bonds. The Labute approximate surface area is 128 Å². The van der Waals surface area contributed by atoms with Crippen LogP contribution >= 0.6 is 0 Å². The fraction of sp³-hybridized carbons (Fsp3) is 0.875. The maximum atomic E-state index is 11.7. The molecule has 0 aromatic heterocycles. The van der Waals surface area contributed by atoms with Crippen molar-refractivity contribution in [3.8, 4) is 0 Å². The van der Waals surface area contributed by atoms with E-state index in [1.54, 1.807) is 6.92 Å². The molecule has 1 aliphatic heterocycles. The number of amides is 1. The maximum absolute atomic E-state index is 11.7. The molecule has 21 heavy (non-hydrogen) atoms. The summed E-state index contributed by atoms with van der Waals surface area (Å²) in [6.45, 7) is 2.57. The first-order valence-corrected chi connectivity index (χ1v) is 8.37. The average molecular weight is 298 g/mol. The molecule has 2 N–H and O–H groups in total. The van der Waals surface area contributed by atoms with Gasteiger partial charge in [-0.2, -0.15) is 0 Å². The number of cyclic esters (lactones) is 1. The van der Waals surface area contributed by atoms with Crippen LogP contribution in [0.2, 0.25) is 0 Å². The zero-order chi connectivity index (χ0) is 15.3. The molecule has 5 heteroatoms. The Morgan fingerprint density at radius 2 is 1.48 bits per heavy atom. The summed E-state index contributed by atoms with van der Waals surface area (Å²) in [5.74, 6) is -0.199. The fourth-order valence-corrected chi connectivity index (χ4v) is 2.40. The van der Waals surface area contributed by atoms with E-state index in [1.807, 2.05) is 0 Å². The Balaban J connectivity index is 2.29. The van der Waals surface area contributed by atoms with Gasteiger partial charge in [0.05, 0.1) is 13.3 Å². The van der Waals surface area contributed by atoms with Crippen molar-refractivity contribution in [3.05, 3.63) is 0 Å². The molecule has 1 heterocycles. The first-order valence-electron chi connectivity index (χ1n) is 8.37. The number of carbonyl (C=O) groups excluding carboxylic acids is 2. The average Bonchev–Trinajstić information content (AvgIpc) is 2.47. The third kappa shape index (κ3) is 9.45. The lowest BCUT2D eigenvalue weighted by molar-refractivity contribution is -0.146. The van der Waals surface area contributed by atoms with E-state index < -0.39 is 0 Å². The van der Waals surface area contributed by atoms with Gasteiger partial charge in [-0.3, -0.25) is 14.9 Å². The van der Waals surface area contributed by atoms with Crippen LogP contribution in [0.5, 0.6) is 0 Å². The molecule has 1 saturated heterocycles. The van der Waals surface area contributed by atoms with E-state index in [1.165, 1.54) is 32.1 Å². The number of ether oxygens (including phenoxy) is 1. The van der Waals surface area contributed by atoms with Gasteiger partial charge >= 0.3 is 5.97 Å². The predicted molar refractivity (Wildman–Crippen MR) is 82.7 cm³/mol. The second-order valence-corrected chi connectivity index (χ2v) is 5.80. The lowest BCUT2D eigenvalue weighted by atomic mass is 10.1. The van der Waals surface area contributed by atoms with Gasteiger partial charge < -0.3 is 10.1 Å². The number of esters is 1. The highest BCUT2D eigenvalue weighted by Gasteiger charge is 2.13. The standard InChI is InChI=1S/C16H30N2O3/c1-14-16(20)21-12-10-8-6-4-2-3-5-7-9-11-15(19)18-13-17-14/h14,17H,2-13H2,1H3,(H,18,19). The van der Waals surface area contributed by atoms with E-state index in [-0.39, 0.29) is 17.9 Å². The number of rotatable bonds is 0. The lowest BCUT2D eigenvalue weighted by Crippen LogP contribution is -2.42. The molecular weight excluding hydrogens is 268 g/mol. The molecule has 1 atom stereocenters. The van der Waals surface area contributed by atoms with Gasteiger partial charge in [-0.05, 0) is 19.8 Å². The highest BCUT2D eigenvalue weighted by Crippen LogP contribution is 2.10. The van der Waals surface area contributed by atoms with Crippen LogP contribution in [0.25, 0.3) is 0 Å². The summed E-state index contributed by atoms with van der Waals surface area (Å²) in [7, 11) is 0. The molecule has 0 aromatic carbocycles. The van der Waals surface area contributed by atoms with Gasteiger partial charge in [0, 0.05) is 6.42 Å².